The summed E-state index contributed by atoms with van der Waals surface area (Å²) in [5.41, 5.74) is 0.274. The van der Waals surface area contributed by atoms with Crippen molar-refractivity contribution in [3.63, 3.8) is 0 Å². The third-order valence-corrected chi connectivity index (χ3v) is 3.60. The first-order chi connectivity index (χ1) is 9.66. The second-order valence-electron chi connectivity index (χ2n) is 5.01. The van der Waals surface area contributed by atoms with Crippen molar-refractivity contribution in [2.45, 2.75) is 19.5 Å². The Bertz CT molecular complexity index is 695. The molecule has 0 aromatic carbocycles. The average Bonchev–Trinajstić information content (AvgIpc) is 2.76. The minimum Gasteiger partial charge on any atom is -0.336 e. The summed E-state index contributed by atoms with van der Waals surface area (Å²) in [6.45, 7) is 4.23. The highest BCUT2D eigenvalue weighted by Gasteiger charge is 2.24. The number of piperazine rings is 1. The van der Waals surface area contributed by atoms with Crippen molar-refractivity contribution in [2.24, 2.45) is 0 Å². The van der Waals surface area contributed by atoms with E-state index in [1.54, 1.807) is 23.2 Å². The molecule has 1 amide bonds. The molecule has 0 saturated carbocycles. The predicted molar refractivity (Wildman–Crippen MR) is 80.7 cm³/mol. The Kier molecular flexibility index (Phi) is 4.64. The maximum atomic E-state index is 12.3. The molecule has 1 N–H and O–H groups in total. The number of fused-ring (bicyclic) bond motifs is 1. The predicted octanol–water partition coefficient (Wildman–Crippen LogP) is -0.262. The van der Waals surface area contributed by atoms with Crippen LogP contribution < -0.4 is 11.0 Å². The SMILES string of the molecule is C[C@H]1CNCCN1C(=O)Cn1nc2ccccn2c1=O.Cl. The molecule has 1 aliphatic heterocycles. The summed E-state index contributed by atoms with van der Waals surface area (Å²) in [6.07, 6.45) is 1.65. The number of nitrogens with one attached hydrogen (secondary N) is 1. The smallest absolute Gasteiger partial charge is 0.336 e. The molecule has 3 heterocycles. The maximum absolute atomic E-state index is 12.3. The molecule has 21 heavy (non-hydrogen) atoms. The zero-order chi connectivity index (χ0) is 14.1. The first kappa shape index (κ1) is 15.5. The lowest BCUT2D eigenvalue weighted by Crippen LogP contribution is -2.53. The van der Waals surface area contributed by atoms with Crippen LogP contribution in [0.15, 0.2) is 29.2 Å². The third-order valence-electron chi connectivity index (χ3n) is 3.60. The van der Waals surface area contributed by atoms with E-state index in [4.69, 9.17) is 0 Å². The van der Waals surface area contributed by atoms with E-state index < -0.39 is 0 Å². The van der Waals surface area contributed by atoms with Crippen molar-refractivity contribution in [2.75, 3.05) is 19.6 Å². The van der Waals surface area contributed by atoms with Gasteiger partial charge in [-0.05, 0) is 19.1 Å². The van der Waals surface area contributed by atoms with Crippen LogP contribution in [0.3, 0.4) is 0 Å². The van der Waals surface area contributed by atoms with Crippen LogP contribution in [0.4, 0.5) is 0 Å². The van der Waals surface area contributed by atoms with Gasteiger partial charge in [0.2, 0.25) is 5.91 Å². The summed E-state index contributed by atoms with van der Waals surface area (Å²) >= 11 is 0. The molecular weight excluding hydrogens is 294 g/mol. The van der Waals surface area contributed by atoms with E-state index >= 15 is 0 Å². The molecule has 1 fully saturated rings. The highest BCUT2D eigenvalue weighted by molar-refractivity contribution is 5.85. The van der Waals surface area contributed by atoms with Crippen LogP contribution in [-0.4, -0.2) is 50.7 Å². The van der Waals surface area contributed by atoms with E-state index in [1.807, 2.05) is 13.0 Å². The van der Waals surface area contributed by atoms with Crippen molar-refractivity contribution in [3.8, 4) is 0 Å². The molecule has 1 saturated heterocycles. The van der Waals surface area contributed by atoms with Crippen LogP contribution in [0.25, 0.3) is 5.65 Å². The largest absolute Gasteiger partial charge is 0.350 e. The number of halogens is 1. The van der Waals surface area contributed by atoms with Gasteiger partial charge in [-0.25, -0.2) is 9.48 Å². The van der Waals surface area contributed by atoms with E-state index in [1.165, 1.54) is 9.08 Å². The van der Waals surface area contributed by atoms with Crippen LogP contribution in [0, 0.1) is 0 Å². The van der Waals surface area contributed by atoms with E-state index in [2.05, 4.69) is 10.4 Å². The number of carbonyl (C=O) groups is 1. The van der Waals surface area contributed by atoms with E-state index in [9.17, 15) is 9.59 Å². The van der Waals surface area contributed by atoms with Gasteiger partial charge in [-0.3, -0.25) is 9.20 Å². The van der Waals surface area contributed by atoms with E-state index in [0.29, 0.717) is 12.2 Å². The zero-order valence-corrected chi connectivity index (χ0v) is 12.5. The number of aromatic nitrogens is 3. The topological polar surface area (TPSA) is 71.6 Å². The summed E-state index contributed by atoms with van der Waals surface area (Å²) in [7, 11) is 0. The summed E-state index contributed by atoms with van der Waals surface area (Å²) in [5.74, 6) is -0.0653. The quantitative estimate of drug-likeness (QED) is 0.829. The number of carbonyl (C=O) groups excluding carboxylic acids is 1. The number of nitrogens with zero attached hydrogens (tertiary/aromatic N) is 4. The molecule has 1 atom stereocenters. The number of pyridine rings is 1. The summed E-state index contributed by atoms with van der Waals surface area (Å²) in [6, 6.07) is 5.46. The van der Waals surface area contributed by atoms with Gasteiger partial charge in [-0.1, -0.05) is 6.07 Å². The van der Waals surface area contributed by atoms with E-state index in [-0.39, 0.29) is 36.6 Å². The molecule has 1 aliphatic rings. The number of hydrogen-bond acceptors (Lipinski definition) is 4. The molecule has 2 aromatic heterocycles. The van der Waals surface area contributed by atoms with Crippen molar-refractivity contribution in [1.29, 1.82) is 0 Å². The van der Waals surface area contributed by atoms with Crippen molar-refractivity contribution in [3.05, 3.63) is 34.9 Å². The Hall–Kier alpha value is -1.86. The molecule has 8 heteroatoms. The van der Waals surface area contributed by atoms with Crippen molar-refractivity contribution in [1.82, 2.24) is 24.4 Å². The Labute approximate surface area is 128 Å². The minimum absolute atomic E-state index is 0. The number of rotatable bonds is 2. The van der Waals surface area contributed by atoms with Gasteiger partial charge >= 0.3 is 5.69 Å². The molecular formula is C13H18ClN5O2. The highest BCUT2D eigenvalue weighted by Crippen LogP contribution is 2.04. The van der Waals surface area contributed by atoms with Crippen LogP contribution in [0.5, 0.6) is 0 Å². The van der Waals surface area contributed by atoms with Crippen LogP contribution >= 0.6 is 12.4 Å². The van der Waals surface area contributed by atoms with Crippen LogP contribution in [-0.2, 0) is 11.3 Å². The molecule has 0 aliphatic carbocycles. The van der Waals surface area contributed by atoms with Crippen molar-refractivity contribution < 1.29 is 4.79 Å². The molecule has 0 unspecified atom stereocenters. The normalized spacial score (nSPS) is 18.5. The average molecular weight is 312 g/mol. The molecule has 114 valence electrons. The lowest BCUT2D eigenvalue weighted by molar-refractivity contribution is -0.134. The van der Waals surface area contributed by atoms with Gasteiger partial charge < -0.3 is 10.2 Å². The van der Waals surface area contributed by atoms with Crippen LogP contribution in [0.2, 0.25) is 0 Å². The third kappa shape index (κ3) is 2.93. The first-order valence-corrected chi connectivity index (χ1v) is 6.71. The molecule has 3 rings (SSSR count). The number of amides is 1. The Balaban J connectivity index is 0.00000161. The Morgan fingerprint density at radius 3 is 3.00 bits per heavy atom. The monoisotopic (exact) mass is 311 g/mol. The first-order valence-electron chi connectivity index (χ1n) is 6.71. The van der Waals surface area contributed by atoms with Gasteiger partial charge in [-0.2, -0.15) is 0 Å². The molecule has 0 spiro atoms. The molecule has 0 bridgehead atoms. The van der Waals surface area contributed by atoms with Gasteiger partial charge in [0.1, 0.15) is 6.54 Å². The molecule has 2 aromatic rings. The van der Waals surface area contributed by atoms with Gasteiger partial charge in [-0.15, -0.1) is 17.5 Å². The fourth-order valence-corrected chi connectivity index (χ4v) is 2.50. The van der Waals surface area contributed by atoms with Gasteiger partial charge in [0.05, 0.1) is 0 Å². The maximum Gasteiger partial charge on any atom is 0.350 e. The zero-order valence-electron chi connectivity index (χ0n) is 11.7. The fraction of sp³-hybridized carbons (Fsp3) is 0.462. The van der Waals surface area contributed by atoms with Crippen LogP contribution in [0.1, 0.15) is 6.92 Å². The van der Waals surface area contributed by atoms with Gasteiger partial charge in [0.25, 0.3) is 0 Å². The lowest BCUT2D eigenvalue weighted by atomic mass is 10.2. The van der Waals surface area contributed by atoms with Gasteiger partial charge in [0.15, 0.2) is 5.65 Å². The molecule has 7 nitrogen and oxygen atoms in total. The Morgan fingerprint density at radius 2 is 2.29 bits per heavy atom. The standard InChI is InChI=1S/C13H17N5O2.ClH/c1-10-8-14-5-7-16(10)12(19)9-18-13(20)17-6-3-2-4-11(17)15-18;/h2-4,6,10,14H,5,7-9H2,1H3;1H/t10-;/m0./s1. The molecule has 0 radical (unpaired) electrons. The fourth-order valence-electron chi connectivity index (χ4n) is 2.50. The second-order valence-corrected chi connectivity index (χ2v) is 5.01. The second kappa shape index (κ2) is 6.28. The summed E-state index contributed by atoms with van der Waals surface area (Å²) in [4.78, 5) is 26.2. The Morgan fingerprint density at radius 1 is 1.48 bits per heavy atom. The summed E-state index contributed by atoms with van der Waals surface area (Å²) in [5, 5.41) is 7.41. The number of hydrogen-bond donors (Lipinski definition) is 1. The summed E-state index contributed by atoms with van der Waals surface area (Å²) < 4.78 is 2.67. The van der Waals surface area contributed by atoms with Gasteiger partial charge in [0, 0.05) is 31.9 Å². The highest BCUT2D eigenvalue weighted by atomic mass is 35.5. The van der Waals surface area contributed by atoms with E-state index in [0.717, 1.165) is 13.1 Å². The lowest BCUT2D eigenvalue weighted by Gasteiger charge is -2.33. The van der Waals surface area contributed by atoms with Crippen molar-refractivity contribution >= 4 is 24.0 Å². The minimum atomic E-state index is -0.281.